The lowest BCUT2D eigenvalue weighted by atomic mass is 9.93. The van der Waals surface area contributed by atoms with E-state index in [1.807, 2.05) is 0 Å². The Hall–Kier alpha value is -0.280. The number of rotatable bonds is 1. The van der Waals surface area contributed by atoms with Crippen molar-refractivity contribution < 1.29 is 9.53 Å². The molecule has 78 valence electrons. The fourth-order valence-electron chi connectivity index (χ4n) is 1.57. The maximum absolute atomic E-state index is 11.2. The van der Waals surface area contributed by atoms with Crippen molar-refractivity contribution in [1.82, 2.24) is 4.90 Å². The highest BCUT2D eigenvalue weighted by Gasteiger charge is 2.40. The quantitative estimate of drug-likeness (QED) is 0.610. The van der Waals surface area contributed by atoms with Crippen LogP contribution < -0.4 is 0 Å². The van der Waals surface area contributed by atoms with Gasteiger partial charge in [0, 0.05) is 12.1 Å². The van der Waals surface area contributed by atoms with Gasteiger partial charge in [-0.05, 0) is 27.2 Å². The minimum absolute atomic E-state index is 0. The van der Waals surface area contributed by atoms with Crippen LogP contribution in [0, 0.1) is 0 Å². The lowest BCUT2D eigenvalue weighted by Gasteiger charge is -2.47. The Morgan fingerprint density at radius 1 is 1.46 bits per heavy atom. The van der Waals surface area contributed by atoms with Crippen LogP contribution in [0.3, 0.4) is 0 Å². The number of halogens is 1. The van der Waals surface area contributed by atoms with Crippen LogP contribution in [0.15, 0.2) is 0 Å². The molecule has 0 amide bonds. The highest BCUT2D eigenvalue weighted by atomic mass is 35.5. The molecule has 1 atom stereocenters. The molecule has 1 heterocycles. The van der Waals surface area contributed by atoms with Crippen LogP contribution in [-0.2, 0) is 9.53 Å². The molecular weight excluding hydrogens is 190 g/mol. The molecule has 0 aliphatic carbocycles. The molecule has 0 saturated carbocycles. The Bertz CT molecular complexity index is 189. The van der Waals surface area contributed by atoms with Gasteiger partial charge >= 0.3 is 5.97 Å². The van der Waals surface area contributed by atoms with Gasteiger partial charge in [0.2, 0.25) is 0 Å². The maximum atomic E-state index is 11.2. The van der Waals surface area contributed by atoms with Gasteiger partial charge in [-0.15, -0.1) is 12.4 Å². The monoisotopic (exact) mass is 207 g/mol. The number of nitrogens with zero attached hydrogens (tertiary/aromatic N) is 1. The second kappa shape index (κ2) is 4.29. The standard InChI is InChI=1S/C9H17NO2.ClH/c1-9(2,3)10-6-5-7(10)8(11)12-4;/h7H,5-6H2,1-4H3;1H. The molecule has 0 N–H and O–H groups in total. The van der Waals surface area contributed by atoms with Crippen LogP contribution in [0.5, 0.6) is 0 Å². The van der Waals surface area contributed by atoms with Gasteiger partial charge in [0.15, 0.2) is 0 Å². The number of methoxy groups -OCH3 is 1. The molecule has 0 aromatic heterocycles. The van der Waals surface area contributed by atoms with E-state index >= 15 is 0 Å². The predicted molar refractivity (Wildman–Crippen MR) is 54.1 cm³/mol. The zero-order chi connectivity index (χ0) is 9.35. The molecule has 1 aliphatic heterocycles. The largest absolute Gasteiger partial charge is 0.468 e. The number of carbonyl (C=O) groups is 1. The summed E-state index contributed by atoms with van der Waals surface area (Å²) < 4.78 is 4.70. The van der Waals surface area contributed by atoms with Crippen molar-refractivity contribution in [2.24, 2.45) is 0 Å². The number of ether oxygens (including phenoxy) is 1. The van der Waals surface area contributed by atoms with Gasteiger partial charge in [-0.2, -0.15) is 0 Å². The molecule has 0 spiro atoms. The summed E-state index contributed by atoms with van der Waals surface area (Å²) >= 11 is 0. The third-order valence-corrected chi connectivity index (χ3v) is 2.35. The summed E-state index contributed by atoms with van der Waals surface area (Å²) in [6.07, 6.45) is 0.934. The van der Waals surface area contributed by atoms with Gasteiger partial charge in [0.1, 0.15) is 6.04 Å². The topological polar surface area (TPSA) is 29.5 Å². The molecule has 3 nitrogen and oxygen atoms in total. The van der Waals surface area contributed by atoms with Gasteiger partial charge in [-0.3, -0.25) is 9.69 Å². The van der Waals surface area contributed by atoms with E-state index in [0.717, 1.165) is 13.0 Å². The Morgan fingerprint density at radius 2 is 2.00 bits per heavy atom. The smallest absolute Gasteiger partial charge is 0.323 e. The minimum atomic E-state index is -0.101. The van der Waals surface area contributed by atoms with Crippen molar-refractivity contribution in [3.05, 3.63) is 0 Å². The summed E-state index contributed by atoms with van der Waals surface area (Å²) in [4.78, 5) is 13.4. The van der Waals surface area contributed by atoms with Crippen molar-refractivity contribution in [1.29, 1.82) is 0 Å². The maximum Gasteiger partial charge on any atom is 0.323 e. The SMILES string of the molecule is COC(=O)C1CCN1C(C)(C)C.Cl. The van der Waals surface area contributed by atoms with Crippen LogP contribution in [0.25, 0.3) is 0 Å². The Labute approximate surface area is 85.8 Å². The van der Waals surface area contributed by atoms with E-state index in [9.17, 15) is 4.79 Å². The van der Waals surface area contributed by atoms with E-state index in [0.29, 0.717) is 0 Å². The molecule has 0 aromatic carbocycles. The first kappa shape index (κ1) is 12.7. The van der Waals surface area contributed by atoms with E-state index in [-0.39, 0.29) is 30.0 Å². The average molecular weight is 208 g/mol. The zero-order valence-electron chi connectivity index (χ0n) is 8.66. The van der Waals surface area contributed by atoms with Crippen molar-refractivity contribution in [3.63, 3.8) is 0 Å². The fraction of sp³-hybridized carbons (Fsp3) is 0.889. The second-order valence-corrected chi connectivity index (χ2v) is 4.19. The van der Waals surface area contributed by atoms with Crippen molar-refractivity contribution in [3.8, 4) is 0 Å². The predicted octanol–water partition coefficient (Wildman–Crippen LogP) is 1.45. The van der Waals surface area contributed by atoms with Crippen molar-refractivity contribution in [2.75, 3.05) is 13.7 Å². The van der Waals surface area contributed by atoms with Crippen molar-refractivity contribution >= 4 is 18.4 Å². The van der Waals surface area contributed by atoms with Gasteiger partial charge in [0.25, 0.3) is 0 Å². The summed E-state index contributed by atoms with van der Waals surface area (Å²) in [6, 6.07) is -0.00463. The lowest BCUT2D eigenvalue weighted by molar-refractivity contribution is -0.156. The zero-order valence-corrected chi connectivity index (χ0v) is 9.48. The van der Waals surface area contributed by atoms with Gasteiger partial charge in [0.05, 0.1) is 7.11 Å². The molecule has 1 aliphatic rings. The number of esters is 1. The molecular formula is C9H18ClNO2. The minimum Gasteiger partial charge on any atom is -0.468 e. The molecule has 1 fully saturated rings. The van der Waals surface area contributed by atoms with E-state index in [4.69, 9.17) is 4.74 Å². The molecule has 1 unspecified atom stereocenters. The van der Waals surface area contributed by atoms with E-state index < -0.39 is 0 Å². The third kappa shape index (κ3) is 2.58. The molecule has 0 radical (unpaired) electrons. The van der Waals surface area contributed by atoms with E-state index in [2.05, 4.69) is 25.7 Å². The van der Waals surface area contributed by atoms with Crippen LogP contribution in [0.1, 0.15) is 27.2 Å². The van der Waals surface area contributed by atoms with Crippen LogP contribution in [0.2, 0.25) is 0 Å². The number of likely N-dealkylation sites (tertiary alicyclic amines) is 1. The number of hydrogen-bond acceptors (Lipinski definition) is 3. The highest BCUT2D eigenvalue weighted by Crippen LogP contribution is 2.27. The molecule has 0 bridgehead atoms. The number of hydrogen-bond donors (Lipinski definition) is 0. The molecule has 4 heteroatoms. The average Bonchev–Trinajstić information content (AvgIpc) is 1.80. The van der Waals surface area contributed by atoms with E-state index in [1.165, 1.54) is 7.11 Å². The van der Waals surface area contributed by atoms with Crippen LogP contribution in [0.4, 0.5) is 0 Å². The fourth-order valence-corrected chi connectivity index (χ4v) is 1.57. The molecule has 13 heavy (non-hydrogen) atoms. The van der Waals surface area contributed by atoms with E-state index in [1.54, 1.807) is 0 Å². The summed E-state index contributed by atoms with van der Waals surface area (Å²) in [6.45, 7) is 7.34. The Kier molecular flexibility index (Phi) is 4.20. The van der Waals surface area contributed by atoms with Gasteiger partial charge in [-0.1, -0.05) is 0 Å². The summed E-state index contributed by atoms with van der Waals surface area (Å²) in [5.41, 5.74) is 0.0805. The highest BCUT2D eigenvalue weighted by molar-refractivity contribution is 5.85. The van der Waals surface area contributed by atoms with Gasteiger partial charge < -0.3 is 4.74 Å². The first-order valence-corrected chi connectivity index (χ1v) is 4.31. The Balaban J connectivity index is 0.00000144. The molecule has 0 aromatic rings. The number of carbonyl (C=O) groups excluding carboxylic acids is 1. The summed E-state index contributed by atoms with van der Waals surface area (Å²) in [5.74, 6) is -0.101. The van der Waals surface area contributed by atoms with Crippen molar-refractivity contribution in [2.45, 2.75) is 38.8 Å². The molecule has 1 rings (SSSR count). The summed E-state index contributed by atoms with van der Waals surface area (Å²) in [5, 5.41) is 0. The first-order valence-electron chi connectivity index (χ1n) is 4.31. The van der Waals surface area contributed by atoms with Crippen LogP contribution >= 0.6 is 12.4 Å². The van der Waals surface area contributed by atoms with Crippen LogP contribution in [-0.4, -0.2) is 36.1 Å². The normalized spacial score (nSPS) is 22.9. The molecule has 1 saturated heterocycles. The third-order valence-electron chi connectivity index (χ3n) is 2.35. The lowest BCUT2D eigenvalue weighted by Crippen LogP contribution is -2.60. The second-order valence-electron chi connectivity index (χ2n) is 4.19. The summed E-state index contributed by atoms with van der Waals surface area (Å²) in [7, 11) is 1.45. The van der Waals surface area contributed by atoms with Gasteiger partial charge in [-0.25, -0.2) is 0 Å². The first-order chi connectivity index (χ1) is 5.46. The Morgan fingerprint density at radius 3 is 2.23 bits per heavy atom.